The molecule has 0 amide bonds. The average Bonchev–Trinajstić information content (AvgIpc) is 2.73. The third-order valence-electron chi connectivity index (χ3n) is 5.17. The lowest BCUT2D eigenvalue weighted by atomic mass is 10.1. The Balaban J connectivity index is 0. The van der Waals surface area contributed by atoms with E-state index in [-0.39, 0.29) is 13.5 Å². The summed E-state index contributed by atoms with van der Waals surface area (Å²) in [4.78, 5) is 2.34. The minimum absolute atomic E-state index is 0. The van der Waals surface area contributed by atoms with Crippen molar-refractivity contribution in [1.29, 1.82) is 0 Å². The molecule has 0 aliphatic carbocycles. The predicted molar refractivity (Wildman–Crippen MR) is 148 cm³/mol. The van der Waals surface area contributed by atoms with E-state index >= 15 is 0 Å². The summed E-state index contributed by atoms with van der Waals surface area (Å²) in [6, 6.07) is 0. The van der Waals surface area contributed by atoms with Gasteiger partial charge in [0.25, 0.3) is 0 Å². The van der Waals surface area contributed by atoms with Crippen LogP contribution < -0.4 is 0 Å². The highest BCUT2D eigenvalue weighted by molar-refractivity contribution is 8.22. The number of hydrogen-bond donors (Lipinski definition) is 1. The van der Waals surface area contributed by atoms with Crippen molar-refractivity contribution < 1.29 is 5.11 Å². The van der Waals surface area contributed by atoms with Gasteiger partial charge in [-0.1, -0.05) is 123 Å². The number of unbranched alkanes of at least 4 members (excludes halogenated alkanes) is 11. The average molecular weight is 480 g/mol. The Morgan fingerprint density at radius 2 is 1.20 bits per heavy atom. The summed E-state index contributed by atoms with van der Waals surface area (Å²) in [5.41, 5.74) is 0. The van der Waals surface area contributed by atoms with Gasteiger partial charge in [-0.2, -0.15) is 11.8 Å². The van der Waals surface area contributed by atoms with Gasteiger partial charge < -0.3 is 10.0 Å². The fourth-order valence-corrected chi connectivity index (χ4v) is 5.53. The quantitative estimate of drug-likeness (QED) is 0.131. The van der Waals surface area contributed by atoms with Crippen LogP contribution in [0, 0.1) is 0 Å². The van der Waals surface area contributed by atoms with Crippen LogP contribution in [0.3, 0.4) is 0 Å². The first kappa shape index (κ1) is 32.7. The van der Waals surface area contributed by atoms with E-state index < -0.39 is 0 Å². The van der Waals surface area contributed by atoms with Gasteiger partial charge >= 0.3 is 0 Å². The van der Waals surface area contributed by atoms with Gasteiger partial charge in [-0.3, -0.25) is 0 Å². The van der Waals surface area contributed by atoms with Gasteiger partial charge in [0.1, 0.15) is 4.32 Å². The molecule has 182 valence electrons. The topological polar surface area (TPSA) is 23.5 Å². The minimum atomic E-state index is -0.245. The summed E-state index contributed by atoms with van der Waals surface area (Å²) < 4.78 is 0.977. The lowest BCUT2D eigenvalue weighted by molar-refractivity contribution is 0.225. The number of aliphatic hydroxyl groups excluding tert-OH is 1. The molecule has 0 rings (SSSR count). The third kappa shape index (κ3) is 21.8. The first-order valence-corrected chi connectivity index (χ1v) is 14.9. The highest BCUT2D eigenvalue weighted by Gasteiger charge is 2.12. The molecule has 0 aliphatic heterocycles. The van der Waals surface area contributed by atoms with Crippen LogP contribution in [0.4, 0.5) is 0 Å². The Labute approximate surface area is 204 Å². The first-order chi connectivity index (χ1) is 14.2. The molecule has 0 saturated heterocycles. The molecule has 0 aromatic carbocycles. The van der Waals surface area contributed by atoms with Gasteiger partial charge in [0.15, 0.2) is 0 Å². The number of thioether (sulfide) groups is 2. The van der Waals surface area contributed by atoms with Crippen molar-refractivity contribution in [3.63, 3.8) is 0 Å². The van der Waals surface area contributed by atoms with Crippen molar-refractivity contribution in [2.24, 2.45) is 0 Å². The van der Waals surface area contributed by atoms with E-state index in [4.69, 9.17) is 12.2 Å². The maximum absolute atomic E-state index is 10.3. The molecule has 1 unspecified atom stereocenters. The minimum Gasteiger partial charge on any atom is -0.391 e. The summed E-state index contributed by atoms with van der Waals surface area (Å²) >= 11 is 9.20. The van der Waals surface area contributed by atoms with Gasteiger partial charge in [0.05, 0.1) is 6.10 Å². The van der Waals surface area contributed by atoms with Crippen LogP contribution in [-0.4, -0.2) is 50.8 Å². The monoisotopic (exact) mass is 479 g/mol. The Morgan fingerprint density at radius 1 is 0.733 bits per heavy atom. The standard InChI is InChI=1S/C24H49NOS3.CH4/c1-4-7-10-11-12-13-14-15-16-17-20-28-21-23(26)22-29-24(27)25(18-8-5-2)19-9-6-3;/h23,26H,4-22H2,1-3H3;1H4. The van der Waals surface area contributed by atoms with Crippen molar-refractivity contribution >= 4 is 40.1 Å². The third-order valence-corrected chi connectivity index (χ3v) is 8.04. The van der Waals surface area contributed by atoms with Crippen LogP contribution in [0.15, 0.2) is 0 Å². The van der Waals surface area contributed by atoms with E-state index in [0.717, 1.165) is 28.9 Å². The summed E-state index contributed by atoms with van der Waals surface area (Å²) in [5, 5.41) is 10.3. The number of rotatable bonds is 21. The molecule has 0 aliphatic rings. The zero-order chi connectivity index (χ0) is 21.6. The van der Waals surface area contributed by atoms with Crippen LogP contribution in [0.1, 0.15) is 118 Å². The number of nitrogens with zero attached hydrogens (tertiary/aromatic N) is 1. The molecule has 0 aromatic heterocycles. The lowest BCUT2D eigenvalue weighted by Crippen LogP contribution is -2.30. The van der Waals surface area contributed by atoms with E-state index in [0.29, 0.717) is 0 Å². The van der Waals surface area contributed by atoms with Crippen LogP contribution in [0.5, 0.6) is 0 Å². The fraction of sp³-hybridized carbons (Fsp3) is 0.960. The normalized spacial score (nSPS) is 11.9. The molecule has 2 nitrogen and oxygen atoms in total. The molecule has 0 bridgehead atoms. The number of hydrogen-bond acceptors (Lipinski definition) is 4. The van der Waals surface area contributed by atoms with Gasteiger partial charge in [-0.25, -0.2) is 0 Å². The largest absolute Gasteiger partial charge is 0.391 e. The van der Waals surface area contributed by atoms with Crippen LogP contribution >= 0.6 is 35.7 Å². The van der Waals surface area contributed by atoms with E-state index in [9.17, 15) is 5.11 Å². The molecule has 30 heavy (non-hydrogen) atoms. The molecule has 0 aromatic rings. The zero-order valence-corrected chi connectivity index (χ0v) is 22.1. The van der Waals surface area contributed by atoms with Crippen LogP contribution in [-0.2, 0) is 0 Å². The number of thiocarbonyl (C=S) groups is 1. The summed E-state index contributed by atoms with van der Waals surface area (Å²) in [6.07, 6.45) is 18.4. The van der Waals surface area contributed by atoms with E-state index in [1.165, 1.54) is 95.6 Å². The molecule has 0 saturated carbocycles. The van der Waals surface area contributed by atoms with Crippen molar-refractivity contribution in [2.45, 2.75) is 124 Å². The van der Waals surface area contributed by atoms with Gasteiger partial charge in [-0.05, 0) is 25.0 Å². The summed E-state index contributed by atoms with van der Waals surface area (Å²) in [7, 11) is 0. The summed E-state index contributed by atoms with van der Waals surface area (Å²) in [6.45, 7) is 8.85. The maximum Gasteiger partial charge on any atom is 0.136 e. The Morgan fingerprint density at radius 3 is 1.70 bits per heavy atom. The smallest absolute Gasteiger partial charge is 0.136 e. The van der Waals surface area contributed by atoms with Crippen molar-refractivity contribution in [3.05, 3.63) is 0 Å². The van der Waals surface area contributed by atoms with Gasteiger partial charge in [0, 0.05) is 24.6 Å². The fourth-order valence-electron chi connectivity index (χ4n) is 3.21. The molecular weight excluding hydrogens is 426 g/mol. The van der Waals surface area contributed by atoms with Gasteiger partial charge in [0.2, 0.25) is 0 Å². The molecule has 0 spiro atoms. The van der Waals surface area contributed by atoms with Crippen LogP contribution in [0.2, 0.25) is 0 Å². The second-order valence-electron chi connectivity index (χ2n) is 8.18. The molecule has 1 N–H and O–H groups in total. The van der Waals surface area contributed by atoms with Gasteiger partial charge in [-0.15, -0.1) is 0 Å². The van der Waals surface area contributed by atoms with Crippen molar-refractivity contribution in [3.8, 4) is 0 Å². The van der Waals surface area contributed by atoms with Crippen molar-refractivity contribution in [2.75, 3.05) is 30.3 Å². The van der Waals surface area contributed by atoms with Crippen molar-refractivity contribution in [1.82, 2.24) is 4.90 Å². The zero-order valence-electron chi connectivity index (χ0n) is 19.6. The Kier molecular flexibility index (Phi) is 28.2. The maximum atomic E-state index is 10.3. The molecule has 0 radical (unpaired) electrons. The Bertz CT molecular complexity index is 347. The van der Waals surface area contributed by atoms with E-state index in [2.05, 4.69) is 25.7 Å². The molecule has 5 heteroatoms. The van der Waals surface area contributed by atoms with E-state index in [1.54, 1.807) is 11.8 Å². The second-order valence-corrected chi connectivity index (χ2v) is 11.0. The molecule has 0 fully saturated rings. The van der Waals surface area contributed by atoms with Crippen LogP contribution in [0.25, 0.3) is 0 Å². The SMILES string of the molecule is C.CCCCCCCCCCCCSCC(O)CSC(=S)N(CCCC)CCCC. The second kappa shape index (κ2) is 25.8. The first-order valence-electron chi connectivity index (χ1n) is 12.3. The summed E-state index contributed by atoms with van der Waals surface area (Å²) in [5.74, 6) is 2.76. The molecule has 0 heterocycles. The molecular formula is C25H53NOS3. The predicted octanol–water partition coefficient (Wildman–Crippen LogP) is 8.56. The Hall–Kier alpha value is 0.550. The highest BCUT2D eigenvalue weighted by atomic mass is 32.2. The highest BCUT2D eigenvalue weighted by Crippen LogP contribution is 2.17. The number of aliphatic hydroxyl groups is 1. The lowest BCUT2D eigenvalue weighted by Gasteiger charge is -2.25. The molecule has 1 atom stereocenters. The van der Waals surface area contributed by atoms with E-state index in [1.807, 2.05) is 11.8 Å².